The van der Waals surface area contributed by atoms with E-state index in [4.69, 9.17) is 17.3 Å². The third-order valence-electron chi connectivity index (χ3n) is 4.45. The van der Waals surface area contributed by atoms with Crippen molar-refractivity contribution in [1.29, 1.82) is 0 Å². The van der Waals surface area contributed by atoms with Crippen molar-refractivity contribution in [3.63, 3.8) is 0 Å². The Bertz CT molecular complexity index is 697. The molecule has 0 atom stereocenters. The molecular formula is C18H22ClN3OS. The van der Waals surface area contributed by atoms with E-state index in [2.05, 4.69) is 4.98 Å². The normalized spacial score (nSPS) is 14.9. The van der Waals surface area contributed by atoms with Crippen LogP contribution in [0.4, 0.5) is 0 Å². The highest BCUT2D eigenvalue weighted by Crippen LogP contribution is 2.28. The minimum atomic E-state index is 0.00124. The lowest BCUT2D eigenvalue weighted by Gasteiger charge is -2.29. The van der Waals surface area contributed by atoms with E-state index in [1.54, 1.807) is 0 Å². The standard InChI is InChI=1S/C18H22ClN3OS/c19-15-8-4-1-5-13(15)11-22(14-6-2-3-7-14)18(23)16-12-24-17(21-16)9-10-20/h1,4-5,8,12,14H,2-3,6-7,9-11,20H2. The molecule has 0 unspecified atom stereocenters. The van der Waals surface area contributed by atoms with Crippen LogP contribution in [0.1, 0.15) is 46.7 Å². The van der Waals surface area contributed by atoms with Gasteiger partial charge in [-0.2, -0.15) is 0 Å². The van der Waals surface area contributed by atoms with E-state index in [1.165, 1.54) is 24.2 Å². The third-order valence-corrected chi connectivity index (χ3v) is 5.73. The van der Waals surface area contributed by atoms with E-state index >= 15 is 0 Å². The van der Waals surface area contributed by atoms with Crippen LogP contribution in [-0.2, 0) is 13.0 Å². The Morgan fingerprint density at radius 3 is 2.79 bits per heavy atom. The Balaban J connectivity index is 1.83. The molecule has 1 aliphatic carbocycles. The number of benzene rings is 1. The molecule has 0 bridgehead atoms. The maximum atomic E-state index is 13.1. The summed E-state index contributed by atoms with van der Waals surface area (Å²) in [5.74, 6) is 0.00124. The summed E-state index contributed by atoms with van der Waals surface area (Å²) in [6, 6.07) is 8.00. The molecule has 0 saturated heterocycles. The highest BCUT2D eigenvalue weighted by atomic mass is 35.5. The molecular weight excluding hydrogens is 342 g/mol. The molecule has 3 rings (SSSR count). The van der Waals surface area contributed by atoms with Gasteiger partial charge in [0, 0.05) is 29.4 Å². The van der Waals surface area contributed by atoms with Crippen molar-refractivity contribution in [2.75, 3.05) is 6.54 Å². The van der Waals surface area contributed by atoms with E-state index in [1.807, 2.05) is 34.5 Å². The smallest absolute Gasteiger partial charge is 0.273 e. The lowest BCUT2D eigenvalue weighted by molar-refractivity contribution is 0.0659. The largest absolute Gasteiger partial charge is 0.330 e. The maximum Gasteiger partial charge on any atom is 0.273 e. The number of nitrogens with two attached hydrogens (primary N) is 1. The van der Waals surface area contributed by atoms with Crippen molar-refractivity contribution in [2.24, 2.45) is 5.73 Å². The summed E-state index contributed by atoms with van der Waals surface area (Å²) in [4.78, 5) is 19.5. The Morgan fingerprint density at radius 1 is 1.33 bits per heavy atom. The van der Waals surface area contributed by atoms with Crippen LogP contribution in [0, 0.1) is 0 Å². The van der Waals surface area contributed by atoms with Crippen molar-refractivity contribution in [3.05, 3.63) is 50.9 Å². The molecule has 2 N–H and O–H groups in total. The van der Waals surface area contributed by atoms with Gasteiger partial charge in [0.15, 0.2) is 0 Å². The van der Waals surface area contributed by atoms with Gasteiger partial charge in [0.25, 0.3) is 5.91 Å². The summed E-state index contributed by atoms with van der Waals surface area (Å²) in [5.41, 5.74) is 7.09. The SMILES string of the molecule is NCCc1nc(C(=O)N(Cc2ccccc2Cl)C2CCCC2)cs1. The van der Waals surface area contributed by atoms with Crippen molar-refractivity contribution in [2.45, 2.75) is 44.7 Å². The number of carbonyl (C=O) groups excluding carboxylic acids is 1. The second-order valence-electron chi connectivity index (χ2n) is 6.13. The highest BCUT2D eigenvalue weighted by Gasteiger charge is 2.29. The number of hydrogen-bond donors (Lipinski definition) is 1. The van der Waals surface area contributed by atoms with E-state index in [-0.39, 0.29) is 11.9 Å². The van der Waals surface area contributed by atoms with E-state index in [9.17, 15) is 4.79 Å². The fourth-order valence-corrected chi connectivity index (χ4v) is 4.17. The zero-order valence-corrected chi connectivity index (χ0v) is 15.2. The number of amides is 1. The first-order valence-electron chi connectivity index (χ1n) is 8.38. The van der Waals surface area contributed by atoms with Gasteiger partial charge in [-0.1, -0.05) is 42.6 Å². The van der Waals surface area contributed by atoms with Crippen molar-refractivity contribution in [1.82, 2.24) is 9.88 Å². The van der Waals surface area contributed by atoms with Crippen LogP contribution in [0.3, 0.4) is 0 Å². The van der Waals surface area contributed by atoms with Crippen LogP contribution in [0.2, 0.25) is 5.02 Å². The van der Waals surface area contributed by atoms with Gasteiger partial charge in [-0.3, -0.25) is 4.79 Å². The molecule has 24 heavy (non-hydrogen) atoms. The summed E-state index contributed by atoms with van der Waals surface area (Å²) < 4.78 is 0. The minimum Gasteiger partial charge on any atom is -0.330 e. The Kier molecular flexibility index (Phi) is 5.87. The maximum absolute atomic E-state index is 13.1. The lowest BCUT2D eigenvalue weighted by atomic mass is 10.1. The van der Waals surface area contributed by atoms with Gasteiger partial charge in [-0.15, -0.1) is 11.3 Å². The van der Waals surface area contributed by atoms with Crippen LogP contribution in [0.5, 0.6) is 0 Å². The van der Waals surface area contributed by atoms with Crippen molar-refractivity contribution in [3.8, 4) is 0 Å². The molecule has 6 heteroatoms. The van der Waals surface area contributed by atoms with Crippen LogP contribution in [0.15, 0.2) is 29.6 Å². The first-order valence-corrected chi connectivity index (χ1v) is 9.63. The Labute approximate surface area is 151 Å². The van der Waals surface area contributed by atoms with Gasteiger partial charge < -0.3 is 10.6 Å². The van der Waals surface area contributed by atoms with Gasteiger partial charge >= 0.3 is 0 Å². The first kappa shape index (κ1) is 17.4. The minimum absolute atomic E-state index is 0.00124. The summed E-state index contributed by atoms with van der Waals surface area (Å²) in [5, 5.41) is 3.47. The highest BCUT2D eigenvalue weighted by molar-refractivity contribution is 7.09. The van der Waals surface area contributed by atoms with Crippen LogP contribution >= 0.6 is 22.9 Å². The molecule has 1 heterocycles. The third kappa shape index (κ3) is 3.97. The number of hydrogen-bond acceptors (Lipinski definition) is 4. The summed E-state index contributed by atoms with van der Waals surface area (Å²) in [6.45, 7) is 1.08. The molecule has 0 spiro atoms. The summed E-state index contributed by atoms with van der Waals surface area (Å²) in [7, 11) is 0. The molecule has 1 aromatic heterocycles. The first-order chi connectivity index (χ1) is 11.7. The van der Waals surface area contributed by atoms with E-state index < -0.39 is 0 Å². The monoisotopic (exact) mass is 363 g/mol. The van der Waals surface area contributed by atoms with Gasteiger partial charge in [-0.25, -0.2) is 4.98 Å². The molecule has 128 valence electrons. The van der Waals surface area contributed by atoms with Crippen LogP contribution < -0.4 is 5.73 Å². The zero-order chi connectivity index (χ0) is 16.9. The average Bonchev–Trinajstić information content (AvgIpc) is 3.25. The van der Waals surface area contributed by atoms with Gasteiger partial charge in [0.2, 0.25) is 0 Å². The fraction of sp³-hybridized carbons (Fsp3) is 0.444. The second-order valence-corrected chi connectivity index (χ2v) is 7.48. The second kappa shape index (κ2) is 8.10. The van der Waals surface area contributed by atoms with Gasteiger partial charge in [0.05, 0.1) is 5.01 Å². The average molecular weight is 364 g/mol. The molecule has 4 nitrogen and oxygen atoms in total. The van der Waals surface area contributed by atoms with Crippen LogP contribution in [0.25, 0.3) is 0 Å². The molecule has 2 aromatic rings. The number of rotatable bonds is 6. The molecule has 1 aromatic carbocycles. The van der Waals surface area contributed by atoms with E-state index in [0.29, 0.717) is 30.2 Å². The zero-order valence-electron chi connectivity index (χ0n) is 13.6. The molecule has 1 fully saturated rings. The molecule has 1 aliphatic rings. The topological polar surface area (TPSA) is 59.2 Å². The Hall–Kier alpha value is -1.43. The molecule has 1 saturated carbocycles. The van der Waals surface area contributed by atoms with Gasteiger partial charge in [-0.05, 0) is 31.0 Å². The number of halogens is 1. The number of thiazole rings is 1. The lowest BCUT2D eigenvalue weighted by Crippen LogP contribution is -2.38. The number of carbonyl (C=O) groups is 1. The van der Waals surface area contributed by atoms with Crippen molar-refractivity contribution < 1.29 is 4.79 Å². The van der Waals surface area contributed by atoms with Gasteiger partial charge in [0.1, 0.15) is 5.69 Å². The van der Waals surface area contributed by atoms with E-state index in [0.717, 1.165) is 23.4 Å². The number of nitrogens with zero attached hydrogens (tertiary/aromatic N) is 2. The van der Waals surface area contributed by atoms with Crippen LogP contribution in [-0.4, -0.2) is 28.4 Å². The predicted molar refractivity (Wildman–Crippen MR) is 98.5 cm³/mol. The fourth-order valence-electron chi connectivity index (χ4n) is 3.19. The molecule has 0 radical (unpaired) electrons. The molecule has 0 aliphatic heterocycles. The number of aromatic nitrogens is 1. The molecule has 1 amide bonds. The summed E-state index contributed by atoms with van der Waals surface area (Å²) >= 11 is 7.81. The Morgan fingerprint density at radius 2 is 2.08 bits per heavy atom. The van der Waals surface area contributed by atoms with Crippen molar-refractivity contribution >= 4 is 28.8 Å². The summed E-state index contributed by atoms with van der Waals surface area (Å²) in [6.07, 6.45) is 5.16. The quantitative estimate of drug-likeness (QED) is 0.847. The predicted octanol–water partition coefficient (Wildman–Crippen LogP) is 3.88.